The number of nitrogens with zero attached hydrogens (tertiary/aromatic N) is 2. The van der Waals surface area contributed by atoms with Crippen molar-refractivity contribution in [3.8, 4) is 0 Å². The highest BCUT2D eigenvalue weighted by atomic mass is 16.5. The molecule has 0 unspecified atom stereocenters. The number of ether oxygens (including phenoxy) is 1. The second-order valence-electron chi connectivity index (χ2n) is 7.08. The first-order valence-electron chi connectivity index (χ1n) is 9.39. The highest BCUT2D eigenvalue weighted by Gasteiger charge is 2.34. The van der Waals surface area contributed by atoms with Crippen LogP contribution in [-0.4, -0.2) is 60.5 Å². The van der Waals surface area contributed by atoms with Crippen LogP contribution in [0.1, 0.15) is 48.9 Å². The number of benzene rings is 1. The molecule has 5 nitrogen and oxygen atoms in total. The van der Waals surface area contributed by atoms with Crippen molar-refractivity contribution < 1.29 is 14.3 Å². The summed E-state index contributed by atoms with van der Waals surface area (Å²) in [4.78, 5) is 29.4. The third kappa shape index (κ3) is 4.40. The fourth-order valence-corrected chi connectivity index (χ4v) is 3.78. The predicted molar refractivity (Wildman–Crippen MR) is 96.3 cm³/mol. The van der Waals surface area contributed by atoms with Crippen molar-refractivity contribution in [3.63, 3.8) is 0 Å². The highest BCUT2D eigenvalue weighted by molar-refractivity contribution is 5.97. The lowest BCUT2D eigenvalue weighted by Gasteiger charge is -2.38. The second-order valence-corrected chi connectivity index (χ2v) is 7.08. The number of likely N-dealkylation sites (tertiary alicyclic amines) is 1. The van der Waals surface area contributed by atoms with Crippen molar-refractivity contribution >= 4 is 11.8 Å². The van der Waals surface area contributed by atoms with Gasteiger partial charge in [-0.1, -0.05) is 18.2 Å². The van der Waals surface area contributed by atoms with E-state index in [0.29, 0.717) is 18.7 Å². The zero-order valence-corrected chi connectivity index (χ0v) is 15.0. The van der Waals surface area contributed by atoms with Crippen LogP contribution >= 0.6 is 0 Å². The van der Waals surface area contributed by atoms with Gasteiger partial charge in [0.1, 0.15) is 6.04 Å². The Bertz CT molecular complexity index is 584. The SMILES string of the molecule is CN(C[C@@H]1CCCCO1)C(=O)[C@H]1CCCCN1C(=O)c1ccccc1. The van der Waals surface area contributed by atoms with Crippen molar-refractivity contribution in [2.24, 2.45) is 0 Å². The fraction of sp³-hybridized carbons (Fsp3) is 0.600. The van der Waals surface area contributed by atoms with Gasteiger partial charge in [-0.25, -0.2) is 0 Å². The molecule has 1 aromatic rings. The Hall–Kier alpha value is -1.88. The van der Waals surface area contributed by atoms with Crippen LogP contribution in [0.2, 0.25) is 0 Å². The fourth-order valence-electron chi connectivity index (χ4n) is 3.78. The first-order valence-corrected chi connectivity index (χ1v) is 9.39. The second kappa shape index (κ2) is 8.48. The Balaban J connectivity index is 1.67. The van der Waals surface area contributed by atoms with Gasteiger partial charge >= 0.3 is 0 Å². The van der Waals surface area contributed by atoms with Crippen molar-refractivity contribution in [1.82, 2.24) is 9.80 Å². The monoisotopic (exact) mass is 344 g/mol. The summed E-state index contributed by atoms with van der Waals surface area (Å²) in [5, 5.41) is 0. The molecular formula is C20H28N2O3. The van der Waals surface area contributed by atoms with Gasteiger partial charge in [0.05, 0.1) is 6.10 Å². The molecule has 3 rings (SSSR count). The molecule has 0 aromatic heterocycles. The smallest absolute Gasteiger partial charge is 0.254 e. The summed E-state index contributed by atoms with van der Waals surface area (Å²) in [7, 11) is 1.83. The number of hydrogen-bond donors (Lipinski definition) is 0. The lowest BCUT2D eigenvalue weighted by atomic mass is 9.99. The third-order valence-electron chi connectivity index (χ3n) is 5.20. The Morgan fingerprint density at radius 2 is 1.88 bits per heavy atom. The number of amides is 2. The molecule has 0 N–H and O–H groups in total. The van der Waals surface area contributed by atoms with Gasteiger partial charge in [-0.3, -0.25) is 9.59 Å². The summed E-state index contributed by atoms with van der Waals surface area (Å²) >= 11 is 0. The number of rotatable bonds is 4. The molecule has 0 radical (unpaired) electrons. The van der Waals surface area contributed by atoms with Crippen LogP contribution in [0.15, 0.2) is 30.3 Å². The summed E-state index contributed by atoms with van der Waals surface area (Å²) in [6.45, 7) is 2.05. The predicted octanol–water partition coefficient (Wildman–Crippen LogP) is 2.71. The van der Waals surface area contributed by atoms with Gasteiger partial charge < -0.3 is 14.5 Å². The van der Waals surface area contributed by atoms with Crippen LogP contribution in [0.5, 0.6) is 0 Å². The van der Waals surface area contributed by atoms with Gasteiger partial charge in [0.15, 0.2) is 0 Å². The molecule has 0 bridgehead atoms. The van der Waals surface area contributed by atoms with Gasteiger partial charge in [-0.05, 0) is 50.7 Å². The molecule has 2 aliphatic heterocycles. The van der Waals surface area contributed by atoms with Gasteiger partial charge in [0, 0.05) is 32.3 Å². The van der Waals surface area contributed by atoms with Crippen LogP contribution in [0.3, 0.4) is 0 Å². The maximum Gasteiger partial charge on any atom is 0.254 e. The molecule has 2 aliphatic rings. The maximum atomic E-state index is 13.0. The van der Waals surface area contributed by atoms with Gasteiger partial charge in [0.25, 0.3) is 5.91 Å². The summed E-state index contributed by atoms with van der Waals surface area (Å²) in [6.07, 6.45) is 6.10. The van der Waals surface area contributed by atoms with Gasteiger partial charge in [-0.2, -0.15) is 0 Å². The standard InChI is InChI=1S/C20H28N2O3/c1-21(15-17-11-6-8-14-25-17)20(24)18-12-5-7-13-22(18)19(23)16-9-3-2-4-10-16/h2-4,9-10,17-18H,5-8,11-15H2,1H3/t17-,18+/m0/s1. The van der Waals surface area contributed by atoms with Gasteiger partial charge in [0.2, 0.25) is 5.91 Å². The van der Waals surface area contributed by atoms with E-state index in [1.807, 2.05) is 37.4 Å². The molecule has 0 aliphatic carbocycles. The van der Waals surface area contributed by atoms with E-state index in [-0.39, 0.29) is 24.0 Å². The Morgan fingerprint density at radius 3 is 2.60 bits per heavy atom. The minimum absolute atomic E-state index is 0.0400. The summed E-state index contributed by atoms with van der Waals surface area (Å²) in [6, 6.07) is 8.90. The molecule has 0 saturated carbocycles. The summed E-state index contributed by atoms with van der Waals surface area (Å²) < 4.78 is 5.76. The van der Waals surface area contributed by atoms with E-state index >= 15 is 0 Å². The Kier molecular flexibility index (Phi) is 6.08. The van der Waals surface area contributed by atoms with E-state index < -0.39 is 0 Å². The molecule has 2 amide bonds. The van der Waals surface area contributed by atoms with Crippen molar-refractivity contribution in [2.45, 2.75) is 50.7 Å². The summed E-state index contributed by atoms with van der Waals surface area (Å²) in [5.74, 6) is -0.000814. The van der Waals surface area contributed by atoms with E-state index in [1.54, 1.807) is 9.80 Å². The number of likely N-dealkylation sites (N-methyl/N-ethyl adjacent to an activating group) is 1. The van der Waals surface area contributed by atoms with E-state index in [4.69, 9.17) is 4.74 Å². The lowest BCUT2D eigenvalue weighted by Crippen LogP contribution is -2.53. The first-order chi connectivity index (χ1) is 12.2. The van der Waals surface area contributed by atoms with Crippen molar-refractivity contribution in [2.75, 3.05) is 26.7 Å². The molecule has 2 saturated heterocycles. The number of piperidine rings is 1. The Labute approximate surface area is 149 Å². The summed E-state index contributed by atoms with van der Waals surface area (Å²) in [5.41, 5.74) is 0.653. The van der Waals surface area contributed by atoms with Crippen LogP contribution in [0, 0.1) is 0 Å². The zero-order chi connectivity index (χ0) is 17.6. The number of carbonyl (C=O) groups is 2. The topological polar surface area (TPSA) is 49.9 Å². The largest absolute Gasteiger partial charge is 0.376 e. The molecule has 136 valence electrons. The normalized spacial score (nSPS) is 24.0. The van der Waals surface area contributed by atoms with Crippen LogP contribution in [0.25, 0.3) is 0 Å². The Morgan fingerprint density at radius 1 is 1.12 bits per heavy atom. The van der Waals surface area contributed by atoms with Crippen LogP contribution < -0.4 is 0 Å². The van der Waals surface area contributed by atoms with Crippen LogP contribution in [-0.2, 0) is 9.53 Å². The van der Waals surface area contributed by atoms with Crippen LogP contribution in [0.4, 0.5) is 0 Å². The number of carbonyl (C=O) groups excluding carboxylic acids is 2. The van der Waals surface area contributed by atoms with E-state index in [1.165, 1.54) is 0 Å². The zero-order valence-electron chi connectivity index (χ0n) is 15.0. The quantitative estimate of drug-likeness (QED) is 0.844. The van der Waals surface area contributed by atoms with E-state index in [0.717, 1.165) is 45.1 Å². The average Bonchev–Trinajstić information content (AvgIpc) is 2.68. The minimum Gasteiger partial charge on any atom is -0.376 e. The van der Waals surface area contributed by atoms with Crippen molar-refractivity contribution in [1.29, 1.82) is 0 Å². The molecule has 2 heterocycles. The maximum absolute atomic E-state index is 13.0. The lowest BCUT2D eigenvalue weighted by molar-refractivity contribution is -0.138. The minimum atomic E-state index is -0.352. The number of hydrogen-bond acceptors (Lipinski definition) is 3. The average molecular weight is 344 g/mol. The molecule has 2 atom stereocenters. The molecule has 1 aromatic carbocycles. The highest BCUT2D eigenvalue weighted by Crippen LogP contribution is 2.22. The molecule has 5 heteroatoms. The van der Waals surface area contributed by atoms with E-state index in [9.17, 15) is 9.59 Å². The molecule has 0 spiro atoms. The molecule has 2 fully saturated rings. The molecular weight excluding hydrogens is 316 g/mol. The molecule has 25 heavy (non-hydrogen) atoms. The first kappa shape index (κ1) is 17.9. The van der Waals surface area contributed by atoms with Crippen molar-refractivity contribution in [3.05, 3.63) is 35.9 Å². The van der Waals surface area contributed by atoms with Gasteiger partial charge in [-0.15, -0.1) is 0 Å². The third-order valence-corrected chi connectivity index (χ3v) is 5.20. The van der Waals surface area contributed by atoms with E-state index in [2.05, 4.69) is 0 Å².